The van der Waals surface area contributed by atoms with Crippen LogP contribution in [-0.2, 0) is 12.4 Å². The molecule has 9 heteroatoms. The van der Waals surface area contributed by atoms with Crippen molar-refractivity contribution in [2.24, 2.45) is 0 Å². The molecule has 0 amide bonds. The van der Waals surface area contributed by atoms with E-state index < -0.39 is 40.6 Å². The lowest BCUT2D eigenvalue weighted by atomic mass is 9.97. The number of hydrogen-bond acceptors (Lipinski definition) is 2. The maximum Gasteiger partial charge on any atom is 0.417 e. The number of alkyl halides is 6. The Hall–Kier alpha value is -2.06. The van der Waals surface area contributed by atoms with Gasteiger partial charge >= 0.3 is 18.3 Å². The average Bonchev–Trinajstić information content (AvgIpc) is 2.24. The molecule has 1 N–H and O–H groups in total. The van der Waals surface area contributed by atoms with Crippen LogP contribution in [0.4, 0.5) is 26.3 Å². The van der Waals surface area contributed by atoms with Gasteiger partial charge in [-0.25, -0.2) is 4.79 Å². The van der Waals surface area contributed by atoms with Crippen molar-refractivity contribution in [1.29, 1.82) is 0 Å². The van der Waals surface area contributed by atoms with Crippen molar-refractivity contribution in [3.8, 4) is 0 Å². The van der Waals surface area contributed by atoms with Crippen molar-refractivity contribution in [3.05, 3.63) is 34.4 Å². The Balaban J connectivity index is 3.82. The van der Waals surface area contributed by atoms with Crippen molar-refractivity contribution in [2.75, 3.05) is 0 Å². The number of carbonyl (C=O) groups is 2. The molecule has 19 heavy (non-hydrogen) atoms. The van der Waals surface area contributed by atoms with Crippen LogP contribution in [0.1, 0.15) is 31.8 Å². The molecule has 1 aromatic rings. The monoisotopic (exact) mass is 286 g/mol. The fraction of sp³-hybridized carbons (Fsp3) is 0.200. The topological polar surface area (TPSA) is 54.4 Å². The summed E-state index contributed by atoms with van der Waals surface area (Å²) in [5, 5.41) is 8.56. The first-order valence-corrected chi connectivity index (χ1v) is 4.49. The van der Waals surface area contributed by atoms with Crippen LogP contribution >= 0.6 is 0 Å². The van der Waals surface area contributed by atoms with Crippen LogP contribution in [0, 0.1) is 0 Å². The Morgan fingerprint density at radius 2 is 1.58 bits per heavy atom. The number of aldehydes is 1. The minimum atomic E-state index is -5.51. The molecule has 0 unspecified atom stereocenters. The summed E-state index contributed by atoms with van der Waals surface area (Å²) in [5.41, 5.74) is -6.96. The molecule has 0 radical (unpaired) electrons. The number of rotatable bonds is 2. The quantitative estimate of drug-likeness (QED) is 0.670. The maximum absolute atomic E-state index is 12.6. The molecular weight excluding hydrogens is 282 g/mol. The highest BCUT2D eigenvalue weighted by Gasteiger charge is 2.46. The van der Waals surface area contributed by atoms with Gasteiger partial charge in [0.25, 0.3) is 0 Å². The molecule has 0 aromatic heterocycles. The molecule has 0 fully saturated rings. The van der Waals surface area contributed by atoms with E-state index in [1.807, 2.05) is 0 Å². The van der Waals surface area contributed by atoms with Crippen LogP contribution in [0.2, 0.25) is 0 Å². The standard InChI is InChI=1S/C10H4F6O3/c11-9(12,13)6-2-4(3-17)1-5(8(18)19)7(6)10(14,15)16/h1-3H,(H,18,19). The van der Waals surface area contributed by atoms with Gasteiger partial charge in [0.1, 0.15) is 6.29 Å². The molecule has 0 bridgehead atoms. The lowest BCUT2D eigenvalue weighted by Crippen LogP contribution is -2.21. The fourth-order valence-electron chi connectivity index (χ4n) is 1.43. The van der Waals surface area contributed by atoms with Gasteiger partial charge in [0, 0.05) is 5.56 Å². The molecule has 0 saturated heterocycles. The highest BCUT2D eigenvalue weighted by molar-refractivity contribution is 5.92. The smallest absolute Gasteiger partial charge is 0.417 e. The second-order valence-corrected chi connectivity index (χ2v) is 3.41. The van der Waals surface area contributed by atoms with Crippen molar-refractivity contribution in [3.63, 3.8) is 0 Å². The van der Waals surface area contributed by atoms with E-state index in [2.05, 4.69) is 0 Å². The Morgan fingerprint density at radius 3 is 1.89 bits per heavy atom. The molecule has 104 valence electrons. The van der Waals surface area contributed by atoms with E-state index in [1.54, 1.807) is 0 Å². The second-order valence-electron chi connectivity index (χ2n) is 3.41. The summed E-state index contributed by atoms with van der Waals surface area (Å²) in [6.45, 7) is 0. The molecule has 0 aliphatic carbocycles. The average molecular weight is 286 g/mol. The maximum atomic E-state index is 12.6. The summed E-state index contributed by atoms with van der Waals surface area (Å²) in [6, 6.07) is 0.204. The van der Waals surface area contributed by atoms with Crippen LogP contribution in [0.25, 0.3) is 0 Å². The van der Waals surface area contributed by atoms with E-state index in [9.17, 15) is 35.9 Å². The number of carboxylic acid groups (broad SMARTS) is 1. The summed E-state index contributed by atoms with van der Waals surface area (Å²) in [4.78, 5) is 21.0. The van der Waals surface area contributed by atoms with E-state index in [0.717, 1.165) is 0 Å². The van der Waals surface area contributed by atoms with Crippen molar-refractivity contribution in [1.82, 2.24) is 0 Å². The van der Waals surface area contributed by atoms with Crippen LogP contribution in [0.5, 0.6) is 0 Å². The predicted molar refractivity (Wildman–Crippen MR) is 48.8 cm³/mol. The van der Waals surface area contributed by atoms with Gasteiger partial charge in [-0.15, -0.1) is 0 Å². The molecule has 0 saturated carbocycles. The van der Waals surface area contributed by atoms with E-state index in [4.69, 9.17) is 5.11 Å². The molecule has 1 rings (SSSR count). The van der Waals surface area contributed by atoms with Gasteiger partial charge < -0.3 is 5.11 Å². The molecule has 0 heterocycles. The van der Waals surface area contributed by atoms with Crippen molar-refractivity contribution in [2.45, 2.75) is 12.4 Å². The SMILES string of the molecule is O=Cc1cc(C(=O)O)c(C(F)(F)F)c(C(F)(F)F)c1. The van der Waals surface area contributed by atoms with Crippen LogP contribution < -0.4 is 0 Å². The molecule has 0 aliphatic rings. The minimum absolute atomic E-state index is 0.0394. The number of carboxylic acids is 1. The third-order valence-electron chi connectivity index (χ3n) is 2.12. The van der Waals surface area contributed by atoms with Gasteiger partial charge in [0.2, 0.25) is 0 Å². The van der Waals surface area contributed by atoms with E-state index in [0.29, 0.717) is 0 Å². The van der Waals surface area contributed by atoms with Crippen LogP contribution in [0.15, 0.2) is 12.1 Å². The van der Waals surface area contributed by atoms with Gasteiger partial charge in [0.05, 0.1) is 16.7 Å². The Bertz CT molecular complexity index is 529. The number of hydrogen-bond donors (Lipinski definition) is 1. The van der Waals surface area contributed by atoms with Gasteiger partial charge in [0.15, 0.2) is 0 Å². The summed E-state index contributed by atoms with van der Waals surface area (Å²) in [6.07, 6.45) is -11.1. The number of carbonyl (C=O) groups excluding carboxylic acids is 1. The van der Waals surface area contributed by atoms with Gasteiger partial charge in [-0.05, 0) is 12.1 Å². The number of aromatic carboxylic acids is 1. The summed E-state index contributed by atoms with van der Waals surface area (Å²) in [5.74, 6) is -2.21. The zero-order valence-corrected chi connectivity index (χ0v) is 8.76. The number of benzene rings is 1. The summed E-state index contributed by atoms with van der Waals surface area (Å²) in [7, 11) is 0. The highest BCUT2D eigenvalue weighted by atomic mass is 19.4. The van der Waals surface area contributed by atoms with E-state index in [-0.39, 0.29) is 18.4 Å². The van der Waals surface area contributed by atoms with E-state index in [1.165, 1.54) is 0 Å². The molecule has 0 aliphatic heterocycles. The van der Waals surface area contributed by atoms with Crippen molar-refractivity contribution < 1.29 is 41.0 Å². The Morgan fingerprint density at radius 1 is 1.05 bits per heavy atom. The fourth-order valence-corrected chi connectivity index (χ4v) is 1.43. The molecule has 3 nitrogen and oxygen atoms in total. The first-order valence-electron chi connectivity index (χ1n) is 4.49. The third kappa shape index (κ3) is 3.04. The highest BCUT2D eigenvalue weighted by Crippen LogP contribution is 2.42. The Labute approximate surface area is 101 Å². The molecular formula is C10H4F6O3. The lowest BCUT2D eigenvalue weighted by molar-refractivity contribution is -0.162. The third-order valence-corrected chi connectivity index (χ3v) is 2.12. The van der Waals surface area contributed by atoms with Gasteiger partial charge in [-0.2, -0.15) is 26.3 Å². The van der Waals surface area contributed by atoms with Gasteiger partial charge in [-0.1, -0.05) is 0 Å². The second kappa shape index (κ2) is 4.56. The Kier molecular flexibility index (Phi) is 3.60. The van der Waals surface area contributed by atoms with E-state index >= 15 is 0 Å². The van der Waals surface area contributed by atoms with Gasteiger partial charge in [-0.3, -0.25) is 4.79 Å². The molecule has 0 spiro atoms. The summed E-state index contributed by atoms with van der Waals surface area (Å²) >= 11 is 0. The zero-order chi connectivity index (χ0) is 15.0. The summed E-state index contributed by atoms with van der Waals surface area (Å²) < 4.78 is 75.3. The normalized spacial score (nSPS) is 12.3. The van der Waals surface area contributed by atoms with Crippen LogP contribution in [0.3, 0.4) is 0 Å². The zero-order valence-electron chi connectivity index (χ0n) is 8.76. The predicted octanol–water partition coefficient (Wildman–Crippen LogP) is 3.23. The molecule has 0 atom stereocenters. The lowest BCUT2D eigenvalue weighted by Gasteiger charge is -2.18. The number of halogens is 6. The van der Waals surface area contributed by atoms with Crippen molar-refractivity contribution >= 4 is 12.3 Å². The first-order chi connectivity index (χ1) is 8.48. The largest absolute Gasteiger partial charge is 0.478 e. The molecule has 1 aromatic carbocycles. The minimum Gasteiger partial charge on any atom is -0.478 e. The van der Waals surface area contributed by atoms with Crippen LogP contribution in [-0.4, -0.2) is 17.4 Å². The first kappa shape index (κ1) is 15.0.